The van der Waals surface area contributed by atoms with Crippen molar-refractivity contribution < 1.29 is 14.7 Å². The Morgan fingerprint density at radius 1 is 1.07 bits per heavy atom. The standard InChI is InChI=1S/C24H31N3O3/c1-17(28)25-16-23(29)27(2)22-14-8-13-21(24(22)30)26-20-12-7-6-11-19(20)15-18-9-4-3-5-10-18/h3-7,9-12,21-22,24,26,30H,8,13-16H2,1-2H3,(H,25,28)/t21-,22-,24+/m1/s1. The molecule has 0 aromatic heterocycles. The number of hydrogen-bond acceptors (Lipinski definition) is 4. The van der Waals surface area contributed by atoms with E-state index in [9.17, 15) is 14.7 Å². The largest absolute Gasteiger partial charge is 0.389 e. The Labute approximate surface area is 178 Å². The highest BCUT2D eigenvalue weighted by Gasteiger charge is 2.36. The Hall–Kier alpha value is -2.86. The van der Waals surface area contributed by atoms with E-state index in [1.165, 1.54) is 18.1 Å². The lowest BCUT2D eigenvalue weighted by Crippen LogP contribution is -2.55. The molecule has 6 nitrogen and oxygen atoms in total. The van der Waals surface area contributed by atoms with E-state index >= 15 is 0 Å². The molecule has 0 aliphatic heterocycles. The number of nitrogens with zero attached hydrogens (tertiary/aromatic N) is 1. The van der Waals surface area contributed by atoms with Gasteiger partial charge in [0.1, 0.15) is 0 Å². The van der Waals surface area contributed by atoms with Crippen LogP contribution in [0.15, 0.2) is 54.6 Å². The molecule has 1 aliphatic carbocycles. The zero-order chi connectivity index (χ0) is 21.5. The van der Waals surface area contributed by atoms with Crippen molar-refractivity contribution in [2.24, 2.45) is 0 Å². The minimum atomic E-state index is -0.685. The molecule has 0 unspecified atom stereocenters. The van der Waals surface area contributed by atoms with Crippen LogP contribution in [0.1, 0.15) is 37.3 Å². The Morgan fingerprint density at radius 3 is 2.50 bits per heavy atom. The van der Waals surface area contributed by atoms with Crippen LogP contribution in [0.3, 0.4) is 0 Å². The maximum Gasteiger partial charge on any atom is 0.242 e. The van der Waals surface area contributed by atoms with E-state index in [1.807, 2.05) is 36.4 Å². The molecule has 6 heteroatoms. The highest BCUT2D eigenvalue weighted by Crippen LogP contribution is 2.28. The molecule has 0 spiro atoms. The topological polar surface area (TPSA) is 81.7 Å². The van der Waals surface area contributed by atoms with Gasteiger partial charge in [0.05, 0.1) is 24.7 Å². The Bertz CT molecular complexity index is 856. The minimum Gasteiger partial charge on any atom is -0.389 e. The summed E-state index contributed by atoms with van der Waals surface area (Å²) in [4.78, 5) is 25.1. The summed E-state index contributed by atoms with van der Waals surface area (Å²) in [6.07, 6.45) is 2.62. The van der Waals surface area contributed by atoms with Crippen LogP contribution in [-0.4, -0.2) is 53.6 Å². The molecule has 3 N–H and O–H groups in total. The molecule has 1 fully saturated rings. The van der Waals surface area contributed by atoms with Gasteiger partial charge < -0.3 is 20.6 Å². The van der Waals surface area contributed by atoms with Crippen molar-refractivity contribution in [2.75, 3.05) is 18.9 Å². The molecule has 3 rings (SSSR count). The van der Waals surface area contributed by atoms with Crippen molar-refractivity contribution in [1.82, 2.24) is 10.2 Å². The zero-order valence-corrected chi connectivity index (χ0v) is 17.7. The van der Waals surface area contributed by atoms with Crippen LogP contribution in [0.5, 0.6) is 0 Å². The fourth-order valence-corrected chi connectivity index (χ4v) is 4.08. The number of hydrogen-bond donors (Lipinski definition) is 3. The first-order chi connectivity index (χ1) is 14.5. The lowest BCUT2D eigenvalue weighted by molar-refractivity contribution is -0.136. The molecule has 160 valence electrons. The third kappa shape index (κ3) is 5.60. The van der Waals surface area contributed by atoms with Gasteiger partial charge in [-0.1, -0.05) is 48.5 Å². The van der Waals surface area contributed by atoms with Crippen molar-refractivity contribution in [3.8, 4) is 0 Å². The number of carbonyl (C=O) groups is 2. The van der Waals surface area contributed by atoms with E-state index in [1.54, 1.807) is 11.9 Å². The molecule has 3 atom stereocenters. The predicted molar refractivity (Wildman–Crippen MR) is 118 cm³/mol. The maximum atomic E-state index is 12.4. The highest BCUT2D eigenvalue weighted by atomic mass is 16.3. The number of aliphatic hydroxyl groups excluding tert-OH is 1. The second kappa shape index (κ2) is 10.3. The molecule has 0 bridgehead atoms. The predicted octanol–water partition coefficient (Wildman–Crippen LogP) is 2.57. The van der Waals surface area contributed by atoms with E-state index in [4.69, 9.17) is 0 Å². The number of carbonyl (C=O) groups excluding carboxylic acids is 2. The quantitative estimate of drug-likeness (QED) is 0.657. The van der Waals surface area contributed by atoms with Crippen LogP contribution >= 0.6 is 0 Å². The number of amides is 2. The number of anilines is 1. The number of aliphatic hydroxyl groups is 1. The van der Waals surface area contributed by atoms with Gasteiger partial charge in [-0.05, 0) is 42.9 Å². The second-order valence-electron chi connectivity index (χ2n) is 7.97. The van der Waals surface area contributed by atoms with Gasteiger partial charge in [-0.3, -0.25) is 9.59 Å². The van der Waals surface area contributed by atoms with Crippen molar-refractivity contribution in [3.63, 3.8) is 0 Å². The Kier molecular flexibility index (Phi) is 7.46. The van der Waals surface area contributed by atoms with Crippen LogP contribution in [0.4, 0.5) is 5.69 Å². The Morgan fingerprint density at radius 2 is 1.77 bits per heavy atom. The van der Waals surface area contributed by atoms with Crippen molar-refractivity contribution in [3.05, 3.63) is 65.7 Å². The smallest absolute Gasteiger partial charge is 0.242 e. The Balaban J connectivity index is 1.68. The molecule has 1 saturated carbocycles. The van der Waals surface area contributed by atoms with E-state index in [0.29, 0.717) is 0 Å². The number of rotatable bonds is 7. The van der Waals surface area contributed by atoms with Gasteiger partial charge in [-0.25, -0.2) is 0 Å². The lowest BCUT2D eigenvalue weighted by Gasteiger charge is -2.40. The van der Waals surface area contributed by atoms with Crippen molar-refractivity contribution in [1.29, 1.82) is 0 Å². The second-order valence-corrected chi connectivity index (χ2v) is 7.97. The van der Waals surface area contributed by atoms with Crippen LogP contribution in [0, 0.1) is 0 Å². The minimum absolute atomic E-state index is 0.0486. The van der Waals surface area contributed by atoms with E-state index < -0.39 is 6.10 Å². The number of likely N-dealkylation sites (N-methyl/N-ethyl adjacent to an activating group) is 1. The van der Waals surface area contributed by atoms with Crippen molar-refractivity contribution >= 4 is 17.5 Å². The molecule has 2 aromatic rings. The summed E-state index contributed by atoms with van der Waals surface area (Å²) < 4.78 is 0. The van der Waals surface area contributed by atoms with Gasteiger partial charge in [0.15, 0.2) is 0 Å². The summed E-state index contributed by atoms with van der Waals surface area (Å²) in [7, 11) is 1.70. The molecule has 2 amide bonds. The number of nitrogens with one attached hydrogen (secondary N) is 2. The molecule has 2 aromatic carbocycles. The van der Waals surface area contributed by atoms with Gasteiger partial charge in [-0.15, -0.1) is 0 Å². The molecular formula is C24H31N3O3. The normalized spacial score (nSPS) is 21.0. The molecule has 0 radical (unpaired) electrons. The fourth-order valence-electron chi connectivity index (χ4n) is 4.08. The molecule has 30 heavy (non-hydrogen) atoms. The summed E-state index contributed by atoms with van der Waals surface area (Å²) >= 11 is 0. The monoisotopic (exact) mass is 409 g/mol. The maximum absolute atomic E-state index is 12.4. The lowest BCUT2D eigenvalue weighted by atomic mass is 9.86. The number of para-hydroxylation sites is 1. The summed E-state index contributed by atoms with van der Waals surface area (Å²) in [5.74, 6) is -0.435. The molecule has 1 aliphatic rings. The average Bonchev–Trinajstić information content (AvgIpc) is 2.75. The van der Waals surface area contributed by atoms with Crippen molar-refractivity contribution in [2.45, 2.75) is 50.8 Å². The molecule has 0 heterocycles. The first-order valence-corrected chi connectivity index (χ1v) is 10.5. The van der Waals surface area contributed by atoms with Gasteiger partial charge in [-0.2, -0.15) is 0 Å². The van der Waals surface area contributed by atoms with Gasteiger partial charge in [0.2, 0.25) is 11.8 Å². The van der Waals surface area contributed by atoms with Gasteiger partial charge in [0.25, 0.3) is 0 Å². The van der Waals surface area contributed by atoms with Crippen LogP contribution < -0.4 is 10.6 Å². The molecular weight excluding hydrogens is 378 g/mol. The van der Waals surface area contributed by atoms with Crippen LogP contribution in [0.2, 0.25) is 0 Å². The molecule has 0 saturated heterocycles. The zero-order valence-electron chi connectivity index (χ0n) is 17.7. The van der Waals surface area contributed by atoms with Gasteiger partial charge >= 0.3 is 0 Å². The number of benzene rings is 2. The third-order valence-corrected chi connectivity index (χ3v) is 5.80. The first-order valence-electron chi connectivity index (χ1n) is 10.5. The van der Waals surface area contributed by atoms with E-state index in [2.05, 4.69) is 28.8 Å². The van der Waals surface area contributed by atoms with Crippen LogP contribution in [0.25, 0.3) is 0 Å². The summed E-state index contributed by atoms with van der Waals surface area (Å²) in [6.45, 7) is 1.34. The third-order valence-electron chi connectivity index (χ3n) is 5.80. The SMILES string of the molecule is CC(=O)NCC(=O)N(C)[C@@H]1CCC[C@@H](Nc2ccccc2Cc2ccccc2)[C@@H]1O. The van der Waals surface area contributed by atoms with E-state index in [0.717, 1.165) is 31.4 Å². The summed E-state index contributed by atoms with van der Waals surface area (Å²) in [5, 5.41) is 17.1. The summed E-state index contributed by atoms with van der Waals surface area (Å²) in [6, 6.07) is 18.0. The highest BCUT2D eigenvalue weighted by molar-refractivity contribution is 5.83. The van der Waals surface area contributed by atoms with E-state index in [-0.39, 0.29) is 30.4 Å². The fraction of sp³-hybridized carbons (Fsp3) is 0.417. The van der Waals surface area contributed by atoms with Gasteiger partial charge in [0, 0.05) is 19.7 Å². The van der Waals surface area contributed by atoms with Crippen LogP contribution in [-0.2, 0) is 16.0 Å². The summed E-state index contributed by atoms with van der Waals surface area (Å²) in [5.41, 5.74) is 3.42. The average molecular weight is 410 g/mol. The first kappa shape index (κ1) is 21.8.